The van der Waals surface area contributed by atoms with Gasteiger partial charge < -0.3 is 0 Å². The predicted molar refractivity (Wildman–Crippen MR) is 90.1 cm³/mol. The minimum absolute atomic E-state index is 0.0167. The van der Waals surface area contributed by atoms with Gasteiger partial charge >= 0.3 is 5.91 Å². The van der Waals surface area contributed by atoms with Crippen LogP contribution < -0.4 is 10.2 Å². The fraction of sp³-hybridized carbons (Fsp3) is 0.267. The molecule has 1 amide bonds. The first kappa shape index (κ1) is 18.6. The lowest BCUT2D eigenvalue weighted by molar-refractivity contribution is 0.0993. The Balaban J connectivity index is 2.41. The van der Waals surface area contributed by atoms with E-state index in [1.165, 1.54) is 24.4 Å². The van der Waals surface area contributed by atoms with Gasteiger partial charge in [0, 0.05) is 24.0 Å². The van der Waals surface area contributed by atoms with Gasteiger partial charge in [0.1, 0.15) is 0 Å². The van der Waals surface area contributed by atoms with Crippen LogP contribution >= 0.6 is 0 Å². The van der Waals surface area contributed by atoms with Gasteiger partial charge in [-0.25, -0.2) is 17.8 Å². The zero-order valence-electron chi connectivity index (χ0n) is 13.4. The number of hydrogen-bond donors (Lipinski definition) is 1. The molecule has 0 spiro atoms. The summed E-state index contributed by atoms with van der Waals surface area (Å²) < 4.78 is 28.1. The van der Waals surface area contributed by atoms with Crippen LogP contribution in [0.25, 0.3) is 5.69 Å². The van der Waals surface area contributed by atoms with Gasteiger partial charge in [-0.05, 0) is 24.6 Å². The summed E-state index contributed by atoms with van der Waals surface area (Å²) in [5.74, 6) is -1.29. The van der Waals surface area contributed by atoms with Crippen LogP contribution in [-0.2, 0) is 10.0 Å². The smallest absolute Gasteiger partial charge is 0.287 e. The van der Waals surface area contributed by atoms with Gasteiger partial charge in [-0.15, -0.1) is 4.91 Å². The van der Waals surface area contributed by atoms with Crippen molar-refractivity contribution in [3.8, 4) is 5.69 Å². The van der Waals surface area contributed by atoms with Crippen LogP contribution in [0.3, 0.4) is 0 Å². The van der Waals surface area contributed by atoms with Crippen molar-refractivity contribution >= 4 is 15.9 Å². The van der Waals surface area contributed by atoms with Gasteiger partial charge in [0.05, 0.1) is 10.6 Å². The Morgan fingerprint density at radius 1 is 1.32 bits per heavy atom. The summed E-state index contributed by atoms with van der Waals surface area (Å²) in [5.41, 5.74) is -1.07. The maximum atomic E-state index is 12.3. The van der Waals surface area contributed by atoms with Crippen LogP contribution in [0.4, 0.5) is 0 Å². The minimum Gasteiger partial charge on any atom is -0.287 e. The maximum absolute atomic E-state index is 12.3. The molecule has 0 atom stereocenters. The number of hydrogen-bond acceptors (Lipinski definition) is 6. The van der Waals surface area contributed by atoms with Gasteiger partial charge in [-0.2, -0.15) is 5.10 Å². The number of carbonyl (C=O) groups is 1. The number of amides is 1. The van der Waals surface area contributed by atoms with E-state index >= 15 is 0 Å². The molecule has 0 saturated carbocycles. The minimum atomic E-state index is -3.69. The molecule has 0 aliphatic rings. The number of rotatable bonds is 7. The highest BCUT2D eigenvalue weighted by atomic mass is 32.2. The number of sulfonamides is 1. The van der Waals surface area contributed by atoms with Crippen molar-refractivity contribution < 1.29 is 13.2 Å². The summed E-state index contributed by atoms with van der Waals surface area (Å²) >= 11 is 0. The highest BCUT2D eigenvalue weighted by molar-refractivity contribution is 7.89. The summed E-state index contributed by atoms with van der Waals surface area (Å²) in [6, 6.07) is 6.86. The summed E-state index contributed by atoms with van der Waals surface area (Å²) in [4.78, 5) is 33.3. The Bertz CT molecular complexity index is 952. The Morgan fingerprint density at radius 3 is 2.76 bits per heavy atom. The molecule has 0 aliphatic carbocycles. The van der Waals surface area contributed by atoms with Crippen molar-refractivity contribution in [3.05, 3.63) is 57.4 Å². The van der Waals surface area contributed by atoms with Gasteiger partial charge in [0.2, 0.25) is 21.1 Å². The van der Waals surface area contributed by atoms with E-state index in [2.05, 4.69) is 15.0 Å². The molecule has 1 aromatic carbocycles. The molecule has 0 fully saturated rings. The van der Waals surface area contributed by atoms with E-state index in [1.807, 2.05) is 6.92 Å². The van der Waals surface area contributed by atoms with Crippen molar-refractivity contribution in [2.45, 2.75) is 24.7 Å². The molecule has 10 heteroatoms. The molecule has 1 N–H and O–H groups in total. The SMILES string of the molecule is CCCCNS(=O)(=O)c1cccc(-n2ccc(=O)c(C(=O)N=O)n2)c1. The number of nitrogens with one attached hydrogen (secondary N) is 1. The highest BCUT2D eigenvalue weighted by Crippen LogP contribution is 2.14. The third kappa shape index (κ3) is 4.43. The molecule has 0 unspecified atom stereocenters. The topological polar surface area (TPSA) is 128 Å². The molecule has 132 valence electrons. The number of carbonyl (C=O) groups excluding carboxylic acids is 1. The molecule has 0 aliphatic heterocycles. The van der Waals surface area contributed by atoms with Crippen molar-refractivity contribution in [1.82, 2.24) is 14.5 Å². The first-order valence-electron chi connectivity index (χ1n) is 7.47. The van der Waals surface area contributed by atoms with Crippen LogP contribution in [0.1, 0.15) is 30.3 Å². The molecule has 0 saturated heterocycles. The zero-order chi connectivity index (χ0) is 18.4. The molecule has 25 heavy (non-hydrogen) atoms. The average Bonchev–Trinajstić information content (AvgIpc) is 2.61. The van der Waals surface area contributed by atoms with Gasteiger partial charge in [0.25, 0.3) is 0 Å². The third-order valence-electron chi connectivity index (χ3n) is 3.31. The van der Waals surface area contributed by atoms with Gasteiger partial charge in [0.15, 0.2) is 0 Å². The second-order valence-electron chi connectivity index (χ2n) is 5.12. The second-order valence-corrected chi connectivity index (χ2v) is 6.89. The summed E-state index contributed by atoms with van der Waals surface area (Å²) in [5, 5.41) is 5.94. The zero-order valence-corrected chi connectivity index (χ0v) is 14.2. The first-order valence-corrected chi connectivity index (χ1v) is 8.95. The lowest BCUT2D eigenvalue weighted by atomic mass is 10.3. The Kier molecular flexibility index (Phi) is 5.88. The van der Waals surface area contributed by atoms with Crippen LogP contribution in [0.15, 0.2) is 51.4 Å². The number of unbranched alkanes of at least 4 members (excludes halogenated alkanes) is 1. The second kappa shape index (κ2) is 7.90. The number of benzene rings is 1. The Morgan fingerprint density at radius 2 is 2.08 bits per heavy atom. The maximum Gasteiger partial charge on any atom is 0.340 e. The Labute approximate surface area is 143 Å². The first-order chi connectivity index (χ1) is 11.9. The standard InChI is InChI=1S/C15H16N4O5S/c1-2-3-8-16-25(23,24)12-6-4-5-11(10-12)19-9-7-13(20)14(17-19)15(21)18-22/h4-7,9-10,16H,2-3,8H2,1H3. The van der Waals surface area contributed by atoms with Crippen LogP contribution in [0.2, 0.25) is 0 Å². The quantitative estimate of drug-likeness (QED) is 0.581. The average molecular weight is 364 g/mol. The highest BCUT2D eigenvalue weighted by Gasteiger charge is 2.16. The van der Waals surface area contributed by atoms with E-state index in [-0.39, 0.29) is 4.90 Å². The Hall–Kier alpha value is -2.72. The van der Waals surface area contributed by atoms with Crippen LogP contribution in [-0.4, -0.2) is 30.7 Å². The molecule has 1 aromatic heterocycles. The summed E-state index contributed by atoms with van der Waals surface area (Å²) in [6.07, 6.45) is 2.83. The van der Waals surface area contributed by atoms with Gasteiger partial charge in [-0.1, -0.05) is 19.4 Å². The van der Waals surface area contributed by atoms with Crippen LogP contribution in [0, 0.1) is 4.91 Å². The number of nitrogens with zero attached hydrogens (tertiary/aromatic N) is 3. The largest absolute Gasteiger partial charge is 0.340 e. The van der Waals surface area contributed by atoms with E-state index < -0.39 is 27.1 Å². The van der Waals surface area contributed by atoms with Crippen molar-refractivity contribution in [1.29, 1.82) is 0 Å². The van der Waals surface area contributed by atoms with Crippen molar-refractivity contribution in [3.63, 3.8) is 0 Å². The normalized spacial score (nSPS) is 11.2. The lowest BCUT2D eigenvalue weighted by Gasteiger charge is -2.09. The van der Waals surface area contributed by atoms with E-state index in [0.29, 0.717) is 18.7 Å². The van der Waals surface area contributed by atoms with E-state index in [1.54, 1.807) is 6.07 Å². The molecule has 1 heterocycles. The summed E-state index contributed by atoms with van der Waals surface area (Å²) in [7, 11) is -3.69. The molecule has 0 radical (unpaired) electrons. The van der Waals surface area contributed by atoms with Crippen LogP contribution in [0.5, 0.6) is 0 Å². The lowest BCUT2D eigenvalue weighted by Crippen LogP contribution is -2.25. The van der Waals surface area contributed by atoms with E-state index in [0.717, 1.165) is 17.2 Å². The molecular formula is C15H16N4O5S. The molecule has 9 nitrogen and oxygen atoms in total. The molecule has 2 rings (SSSR count). The molecule has 2 aromatic rings. The van der Waals surface area contributed by atoms with E-state index in [4.69, 9.17) is 0 Å². The number of aromatic nitrogens is 2. The number of nitroso groups, excluding NO2 is 1. The molecular weight excluding hydrogens is 348 g/mol. The monoisotopic (exact) mass is 364 g/mol. The van der Waals surface area contributed by atoms with E-state index in [9.17, 15) is 22.9 Å². The third-order valence-corrected chi connectivity index (χ3v) is 4.77. The molecule has 0 bridgehead atoms. The van der Waals surface area contributed by atoms with Crippen molar-refractivity contribution in [2.75, 3.05) is 6.54 Å². The predicted octanol–water partition coefficient (Wildman–Crippen LogP) is 1.22. The fourth-order valence-corrected chi connectivity index (χ4v) is 3.12. The van der Waals surface area contributed by atoms with Gasteiger partial charge in [-0.3, -0.25) is 9.59 Å². The summed E-state index contributed by atoms with van der Waals surface area (Å²) in [6.45, 7) is 2.27. The fourth-order valence-electron chi connectivity index (χ4n) is 2.00. The van der Waals surface area contributed by atoms with Crippen molar-refractivity contribution in [2.24, 2.45) is 5.18 Å².